The van der Waals surface area contributed by atoms with Crippen molar-refractivity contribution in [1.82, 2.24) is 9.97 Å². The molecule has 0 spiro atoms. The zero-order valence-corrected chi connectivity index (χ0v) is 14.1. The Morgan fingerprint density at radius 1 is 1.17 bits per heavy atom. The van der Waals surface area contributed by atoms with Gasteiger partial charge in [-0.25, -0.2) is 0 Å². The number of aryl methyl sites for hydroxylation is 1. The normalized spacial score (nSPS) is 19.1. The predicted octanol–water partition coefficient (Wildman–Crippen LogP) is 2.04. The van der Waals surface area contributed by atoms with Gasteiger partial charge in [0.1, 0.15) is 0 Å². The van der Waals surface area contributed by atoms with Gasteiger partial charge in [0.25, 0.3) is 5.56 Å². The smallest absolute Gasteiger partial charge is 0.399 e. The van der Waals surface area contributed by atoms with Crippen LogP contribution in [0.3, 0.4) is 0 Å². The van der Waals surface area contributed by atoms with Crippen molar-refractivity contribution in [3.05, 3.63) is 46.5 Å². The average Bonchev–Trinajstić information content (AvgIpc) is 2.67. The van der Waals surface area contributed by atoms with Crippen LogP contribution in [0.25, 0.3) is 11.3 Å². The monoisotopic (exact) mass is 312 g/mol. The Morgan fingerprint density at radius 3 is 2.39 bits per heavy atom. The quantitative estimate of drug-likeness (QED) is 0.862. The molecule has 0 bridgehead atoms. The minimum absolute atomic E-state index is 0.150. The van der Waals surface area contributed by atoms with E-state index in [1.807, 2.05) is 40.7 Å². The van der Waals surface area contributed by atoms with Gasteiger partial charge in [-0.05, 0) is 58.4 Å². The predicted molar refractivity (Wildman–Crippen MR) is 90.7 cm³/mol. The fraction of sp³-hybridized carbons (Fsp3) is 0.412. The van der Waals surface area contributed by atoms with Crippen molar-refractivity contribution in [2.45, 2.75) is 45.8 Å². The molecule has 0 unspecified atom stereocenters. The van der Waals surface area contributed by atoms with E-state index in [0.29, 0.717) is 11.3 Å². The Hall–Kier alpha value is -1.92. The standard InChI is InChI=1S/C17H21BN2O3/c1-11-9-14(12-7-6-8-19-15(12)21)20-10-13(11)18-22-16(2,3)17(4,5)23-18/h6-10H,1-5H3,(H,19,21). The van der Waals surface area contributed by atoms with Crippen LogP contribution in [0.2, 0.25) is 0 Å². The molecule has 1 saturated heterocycles. The molecule has 0 atom stereocenters. The summed E-state index contributed by atoms with van der Waals surface area (Å²) in [5.41, 5.74) is 2.14. The molecule has 3 heterocycles. The van der Waals surface area contributed by atoms with E-state index in [1.54, 1.807) is 24.5 Å². The van der Waals surface area contributed by atoms with Crippen LogP contribution >= 0.6 is 0 Å². The maximum atomic E-state index is 11.9. The molecule has 23 heavy (non-hydrogen) atoms. The summed E-state index contributed by atoms with van der Waals surface area (Å²) in [5.74, 6) is 0. The zero-order chi connectivity index (χ0) is 16.8. The largest absolute Gasteiger partial charge is 0.496 e. The van der Waals surface area contributed by atoms with Gasteiger partial charge in [0.15, 0.2) is 0 Å². The van der Waals surface area contributed by atoms with Crippen molar-refractivity contribution in [2.24, 2.45) is 0 Å². The lowest BCUT2D eigenvalue weighted by molar-refractivity contribution is 0.00578. The Balaban J connectivity index is 1.96. The summed E-state index contributed by atoms with van der Waals surface area (Å²) in [5, 5.41) is 0. The third-order valence-corrected chi connectivity index (χ3v) is 4.75. The second-order valence-electron chi connectivity index (χ2n) is 6.93. The van der Waals surface area contributed by atoms with Crippen LogP contribution in [-0.4, -0.2) is 28.3 Å². The van der Waals surface area contributed by atoms with Crippen LogP contribution in [-0.2, 0) is 9.31 Å². The van der Waals surface area contributed by atoms with Crippen molar-refractivity contribution in [3.63, 3.8) is 0 Å². The van der Waals surface area contributed by atoms with Crippen molar-refractivity contribution in [3.8, 4) is 11.3 Å². The van der Waals surface area contributed by atoms with E-state index in [0.717, 1.165) is 11.0 Å². The first kappa shape index (κ1) is 16.0. The fourth-order valence-electron chi connectivity index (χ4n) is 2.55. The van der Waals surface area contributed by atoms with Crippen LogP contribution < -0.4 is 11.0 Å². The van der Waals surface area contributed by atoms with E-state index in [2.05, 4.69) is 9.97 Å². The second kappa shape index (κ2) is 5.32. The molecule has 2 aromatic heterocycles. The molecule has 2 aromatic rings. The van der Waals surface area contributed by atoms with Gasteiger partial charge in [-0.1, -0.05) is 0 Å². The molecule has 1 N–H and O–H groups in total. The lowest BCUT2D eigenvalue weighted by Crippen LogP contribution is -2.41. The molecule has 0 amide bonds. The summed E-state index contributed by atoms with van der Waals surface area (Å²) in [6.45, 7) is 10.1. The van der Waals surface area contributed by atoms with Crippen molar-refractivity contribution < 1.29 is 9.31 Å². The maximum Gasteiger partial charge on any atom is 0.496 e. The number of rotatable bonds is 2. The molecule has 1 aliphatic rings. The van der Waals surface area contributed by atoms with Gasteiger partial charge in [0.2, 0.25) is 0 Å². The lowest BCUT2D eigenvalue weighted by Gasteiger charge is -2.32. The summed E-state index contributed by atoms with van der Waals surface area (Å²) >= 11 is 0. The molecule has 0 aliphatic carbocycles. The molecular weight excluding hydrogens is 291 g/mol. The molecule has 1 fully saturated rings. The van der Waals surface area contributed by atoms with Gasteiger partial charge >= 0.3 is 7.12 Å². The minimum atomic E-state index is -0.449. The van der Waals surface area contributed by atoms with E-state index < -0.39 is 7.12 Å². The number of aromatic nitrogens is 2. The van der Waals surface area contributed by atoms with Crippen LogP contribution in [0, 0.1) is 6.92 Å². The van der Waals surface area contributed by atoms with Crippen molar-refractivity contribution in [2.75, 3.05) is 0 Å². The highest BCUT2D eigenvalue weighted by atomic mass is 16.7. The highest BCUT2D eigenvalue weighted by molar-refractivity contribution is 6.62. The molecule has 5 nitrogen and oxygen atoms in total. The second-order valence-corrected chi connectivity index (χ2v) is 6.93. The summed E-state index contributed by atoms with van der Waals surface area (Å²) in [4.78, 5) is 19.0. The van der Waals surface area contributed by atoms with E-state index in [9.17, 15) is 4.79 Å². The first-order valence-electron chi connectivity index (χ1n) is 7.71. The Bertz CT molecular complexity index is 782. The van der Waals surface area contributed by atoms with Gasteiger partial charge in [-0.3, -0.25) is 9.78 Å². The molecule has 0 aromatic carbocycles. The molecule has 0 saturated carbocycles. The third kappa shape index (κ3) is 2.73. The Kier molecular flexibility index (Phi) is 3.69. The SMILES string of the molecule is Cc1cc(-c2ccc[nH]c2=O)ncc1B1OC(C)(C)C(C)(C)O1. The lowest BCUT2D eigenvalue weighted by atomic mass is 9.77. The van der Waals surface area contributed by atoms with E-state index in [4.69, 9.17) is 9.31 Å². The fourth-order valence-corrected chi connectivity index (χ4v) is 2.55. The van der Waals surface area contributed by atoms with E-state index >= 15 is 0 Å². The van der Waals surface area contributed by atoms with Gasteiger partial charge < -0.3 is 14.3 Å². The summed E-state index contributed by atoms with van der Waals surface area (Å²) < 4.78 is 12.1. The van der Waals surface area contributed by atoms with E-state index in [1.165, 1.54) is 0 Å². The minimum Gasteiger partial charge on any atom is -0.399 e. The number of pyridine rings is 2. The molecule has 6 heteroatoms. The zero-order valence-electron chi connectivity index (χ0n) is 14.1. The van der Waals surface area contributed by atoms with Gasteiger partial charge in [0.05, 0.1) is 22.5 Å². The van der Waals surface area contributed by atoms with Gasteiger partial charge in [-0.2, -0.15) is 0 Å². The highest BCUT2D eigenvalue weighted by Gasteiger charge is 2.52. The average molecular weight is 312 g/mol. The Morgan fingerprint density at radius 2 is 1.83 bits per heavy atom. The maximum absolute atomic E-state index is 11.9. The number of aromatic amines is 1. The third-order valence-electron chi connectivity index (χ3n) is 4.75. The molecule has 0 radical (unpaired) electrons. The van der Waals surface area contributed by atoms with Crippen LogP contribution in [0.1, 0.15) is 33.3 Å². The number of H-pyrrole nitrogens is 1. The molecule has 1 aliphatic heterocycles. The first-order valence-corrected chi connectivity index (χ1v) is 7.71. The summed E-state index contributed by atoms with van der Waals surface area (Å²) in [7, 11) is -0.449. The Labute approximate surface area is 136 Å². The van der Waals surface area contributed by atoms with Crippen LogP contribution in [0.15, 0.2) is 35.4 Å². The molecular formula is C17H21BN2O3. The number of nitrogens with zero attached hydrogens (tertiary/aromatic N) is 1. The van der Waals surface area contributed by atoms with Crippen LogP contribution in [0.4, 0.5) is 0 Å². The van der Waals surface area contributed by atoms with Crippen molar-refractivity contribution in [1.29, 1.82) is 0 Å². The van der Waals surface area contributed by atoms with Gasteiger partial charge in [0, 0.05) is 17.9 Å². The number of hydrogen-bond acceptors (Lipinski definition) is 4. The van der Waals surface area contributed by atoms with Crippen molar-refractivity contribution >= 4 is 12.6 Å². The molecule has 3 rings (SSSR count). The summed E-state index contributed by atoms with van der Waals surface area (Å²) in [6.07, 6.45) is 3.34. The van der Waals surface area contributed by atoms with Gasteiger partial charge in [-0.15, -0.1) is 0 Å². The first-order chi connectivity index (χ1) is 10.7. The highest BCUT2D eigenvalue weighted by Crippen LogP contribution is 2.36. The van der Waals surface area contributed by atoms with E-state index in [-0.39, 0.29) is 16.8 Å². The number of nitrogens with one attached hydrogen (secondary N) is 1. The molecule has 120 valence electrons. The summed E-state index contributed by atoms with van der Waals surface area (Å²) in [6, 6.07) is 5.44. The van der Waals surface area contributed by atoms with Crippen LogP contribution in [0.5, 0.6) is 0 Å². The topological polar surface area (TPSA) is 64.2 Å². The number of hydrogen-bond donors (Lipinski definition) is 1.